The van der Waals surface area contributed by atoms with Crippen molar-refractivity contribution in [2.45, 2.75) is 78.4 Å². The maximum Gasteiger partial charge on any atom is 0.234 e. The molecule has 1 unspecified atom stereocenters. The van der Waals surface area contributed by atoms with Gasteiger partial charge in [0.25, 0.3) is 0 Å². The first-order valence-electron chi connectivity index (χ1n) is 10.6. The Kier molecular flexibility index (Phi) is 8.30. The maximum absolute atomic E-state index is 12.7. The topological polar surface area (TPSA) is 44.4 Å². The van der Waals surface area contributed by atoms with E-state index in [0.29, 0.717) is 30.5 Å². The first-order chi connectivity index (χ1) is 12.8. The van der Waals surface area contributed by atoms with Crippen LogP contribution in [-0.4, -0.2) is 42.5 Å². The second kappa shape index (κ2) is 10.2. The summed E-state index contributed by atoms with van der Waals surface area (Å²) < 4.78 is 0. The average Bonchev–Trinajstić information content (AvgIpc) is 2.61. The second-order valence-electron chi connectivity index (χ2n) is 8.98. The lowest BCUT2D eigenvalue weighted by Gasteiger charge is -2.33. The number of rotatable bonds is 8. The summed E-state index contributed by atoms with van der Waals surface area (Å²) >= 11 is 0. The molecule has 1 aliphatic heterocycles. The molecule has 0 aromatic heterocycles. The summed E-state index contributed by atoms with van der Waals surface area (Å²) in [7, 11) is 0. The van der Waals surface area contributed by atoms with Crippen LogP contribution in [0.2, 0.25) is 0 Å². The van der Waals surface area contributed by atoms with Crippen molar-refractivity contribution >= 4 is 5.91 Å². The molecule has 1 aromatic carbocycles. The van der Waals surface area contributed by atoms with Gasteiger partial charge in [-0.1, -0.05) is 65.8 Å². The fourth-order valence-corrected chi connectivity index (χ4v) is 3.87. The second-order valence-corrected chi connectivity index (χ2v) is 8.98. The fourth-order valence-electron chi connectivity index (χ4n) is 3.87. The van der Waals surface area contributed by atoms with Crippen LogP contribution in [-0.2, 0) is 4.79 Å². The lowest BCUT2D eigenvalue weighted by Crippen LogP contribution is -2.48. The summed E-state index contributed by atoms with van der Waals surface area (Å²) in [6.07, 6.45) is 2.24. The maximum atomic E-state index is 12.7. The lowest BCUT2D eigenvalue weighted by molar-refractivity contribution is -0.123. The molecule has 2 rings (SSSR count). The van der Waals surface area contributed by atoms with Gasteiger partial charge in [0, 0.05) is 25.2 Å². The molecule has 2 N–H and O–H groups in total. The van der Waals surface area contributed by atoms with E-state index in [1.807, 2.05) is 0 Å². The Morgan fingerprint density at radius 2 is 1.56 bits per heavy atom. The van der Waals surface area contributed by atoms with E-state index in [9.17, 15) is 4.79 Å². The minimum Gasteiger partial charge on any atom is -0.348 e. The molecule has 1 amide bonds. The summed E-state index contributed by atoms with van der Waals surface area (Å²) in [4.78, 5) is 15.0. The zero-order valence-corrected chi connectivity index (χ0v) is 18.1. The van der Waals surface area contributed by atoms with Crippen molar-refractivity contribution in [3.8, 4) is 0 Å². The summed E-state index contributed by atoms with van der Waals surface area (Å²) in [6.45, 7) is 15.6. The van der Waals surface area contributed by atoms with Gasteiger partial charge in [-0.05, 0) is 35.8 Å². The Balaban J connectivity index is 1.88. The summed E-state index contributed by atoms with van der Waals surface area (Å²) in [5.74, 6) is 1.02. The van der Waals surface area contributed by atoms with E-state index in [4.69, 9.17) is 0 Å². The van der Waals surface area contributed by atoms with Crippen LogP contribution in [0.3, 0.4) is 0 Å². The van der Waals surface area contributed by atoms with Crippen molar-refractivity contribution in [2.24, 2.45) is 5.92 Å². The molecule has 4 nitrogen and oxygen atoms in total. The van der Waals surface area contributed by atoms with Crippen LogP contribution < -0.4 is 10.6 Å². The van der Waals surface area contributed by atoms with Gasteiger partial charge in [0.2, 0.25) is 5.91 Å². The molecule has 0 saturated carbocycles. The van der Waals surface area contributed by atoms with Crippen molar-refractivity contribution in [1.29, 1.82) is 0 Å². The number of nitrogens with one attached hydrogen (secondary N) is 2. The fraction of sp³-hybridized carbons (Fsp3) is 0.696. The van der Waals surface area contributed by atoms with Gasteiger partial charge in [0.05, 0.1) is 12.6 Å². The number of amides is 1. The highest BCUT2D eigenvalue weighted by atomic mass is 16.2. The Morgan fingerprint density at radius 1 is 1.00 bits per heavy atom. The molecule has 152 valence electrons. The molecular weight excluding hydrogens is 334 g/mol. The van der Waals surface area contributed by atoms with Crippen LogP contribution in [0, 0.1) is 5.92 Å². The van der Waals surface area contributed by atoms with Crippen molar-refractivity contribution in [3.05, 3.63) is 35.4 Å². The predicted molar refractivity (Wildman–Crippen MR) is 114 cm³/mol. The van der Waals surface area contributed by atoms with E-state index in [-0.39, 0.29) is 11.9 Å². The minimum absolute atomic E-state index is 0.0684. The summed E-state index contributed by atoms with van der Waals surface area (Å²) in [5, 5.41) is 6.89. The average molecular weight is 374 g/mol. The molecule has 0 radical (unpaired) electrons. The number of benzene rings is 1. The zero-order valence-electron chi connectivity index (χ0n) is 18.1. The first kappa shape index (κ1) is 21.9. The smallest absolute Gasteiger partial charge is 0.234 e. The SMILES string of the molecule is CC(C)NC1CCN(CC(=O)NC(c2ccc(C(C)C)cc2)C(C)C)CC1. The van der Waals surface area contributed by atoms with E-state index in [0.717, 1.165) is 25.9 Å². The molecule has 4 heteroatoms. The van der Waals surface area contributed by atoms with E-state index >= 15 is 0 Å². The molecule has 1 saturated heterocycles. The van der Waals surface area contributed by atoms with Crippen LogP contribution in [0.15, 0.2) is 24.3 Å². The highest BCUT2D eigenvalue weighted by molar-refractivity contribution is 5.78. The molecule has 1 atom stereocenters. The highest BCUT2D eigenvalue weighted by Crippen LogP contribution is 2.24. The molecule has 1 heterocycles. The van der Waals surface area contributed by atoms with Crippen LogP contribution in [0.5, 0.6) is 0 Å². The molecular formula is C23H39N3O. The molecule has 1 fully saturated rings. The third-order valence-electron chi connectivity index (χ3n) is 5.47. The van der Waals surface area contributed by atoms with Crippen LogP contribution in [0.4, 0.5) is 0 Å². The van der Waals surface area contributed by atoms with Crippen molar-refractivity contribution in [2.75, 3.05) is 19.6 Å². The number of piperidine rings is 1. The van der Waals surface area contributed by atoms with Gasteiger partial charge in [-0.15, -0.1) is 0 Å². The van der Waals surface area contributed by atoms with Gasteiger partial charge in [-0.2, -0.15) is 0 Å². The third kappa shape index (κ3) is 6.93. The number of hydrogen-bond acceptors (Lipinski definition) is 3. The normalized spacial score (nSPS) is 17.7. The highest BCUT2D eigenvalue weighted by Gasteiger charge is 2.23. The molecule has 1 aromatic rings. The largest absolute Gasteiger partial charge is 0.348 e. The Morgan fingerprint density at radius 3 is 2.04 bits per heavy atom. The standard InChI is InChI=1S/C23H39N3O/c1-16(2)19-7-9-20(10-8-19)23(17(3)4)25-22(27)15-26-13-11-21(12-14-26)24-18(5)6/h7-10,16-18,21,23-24H,11-15H2,1-6H3,(H,25,27). The van der Waals surface area contributed by atoms with E-state index in [2.05, 4.69) is 81.3 Å². The molecule has 0 bridgehead atoms. The number of likely N-dealkylation sites (tertiary alicyclic amines) is 1. The number of carbonyl (C=O) groups is 1. The van der Waals surface area contributed by atoms with Gasteiger partial charge in [0.15, 0.2) is 0 Å². The summed E-state index contributed by atoms with van der Waals surface area (Å²) in [6, 6.07) is 9.90. The Labute approximate surface area is 166 Å². The van der Waals surface area contributed by atoms with Crippen LogP contribution in [0.1, 0.15) is 77.5 Å². The van der Waals surface area contributed by atoms with Crippen LogP contribution in [0.25, 0.3) is 0 Å². The predicted octanol–water partition coefficient (Wildman–Crippen LogP) is 4.09. The molecule has 1 aliphatic rings. The van der Waals surface area contributed by atoms with Gasteiger partial charge < -0.3 is 10.6 Å². The van der Waals surface area contributed by atoms with E-state index in [1.165, 1.54) is 11.1 Å². The Bertz CT molecular complexity index is 572. The number of nitrogens with zero attached hydrogens (tertiary/aromatic N) is 1. The van der Waals surface area contributed by atoms with Gasteiger partial charge in [-0.25, -0.2) is 0 Å². The first-order valence-corrected chi connectivity index (χ1v) is 10.6. The minimum atomic E-state index is 0.0684. The van der Waals surface area contributed by atoms with Crippen molar-refractivity contribution in [3.63, 3.8) is 0 Å². The van der Waals surface area contributed by atoms with Crippen molar-refractivity contribution in [1.82, 2.24) is 15.5 Å². The zero-order chi connectivity index (χ0) is 20.0. The molecule has 0 aliphatic carbocycles. The monoisotopic (exact) mass is 373 g/mol. The molecule has 27 heavy (non-hydrogen) atoms. The summed E-state index contributed by atoms with van der Waals surface area (Å²) in [5.41, 5.74) is 2.54. The Hall–Kier alpha value is -1.39. The van der Waals surface area contributed by atoms with Gasteiger partial charge >= 0.3 is 0 Å². The van der Waals surface area contributed by atoms with Gasteiger partial charge in [0.1, 0.15) is 0 Å². The van der Waals surface area contributed by atoms with E-state index < -0.39 is 0 Å². The van der Waals surface area contributed by atoms with Crippen molar-refractivity contribution < 1.29 is 4.79 Å². The van der Waals surface area contributed by atoms with E-state index in [1.54, 1.807) is 0 Å². The lowest BCUT2D eigenvalue weighted by atomic mass is 9.93. The van der Waals surface area contributed by atoms with Gasteiger partial charge in [-0.3, -0.25) is 9.69 Å². The quantitative estimate of drug-likeness (QED) is 0.721. The van der Waals surface area contributed by atoms with Crippen LogP contribution >= 0.6 is 0 Å². The number of carbonyl (C=O) groups excluding carboxylic acids is 1. The molecule has 0 spiro atoms. The third-order valence-corrected chi connectivity index (χ3v) is 5.47. The number of hydrogen-bond donors (Lipinski definition) is 2.